The molecular weight excluding hydrogens is 672 g/mol. The first kappa shape index (κ1) is 42.3. The van der Waals surface area contributed by atoms with Crippen molar-refractivity contribution in [2.45, 2.75) is 138 Å². The van der Waals surface area contributed by atoms with Gasteiger partial charge in [0.15, 0.2) is 30.5 Å². The highest BCUT2D eigenvalue weighted by Crippen LogP contribution is 2.35. The molecule has 18 nitrogen and oxygen atoms in total. The third-order valence-corrected chi connectivity index (χ3v) is 6.97. The molecule has 2 saturated heterocycles. The zero-order chi connectivity index (χ0) is 38.3. The minimum absolute atomic E-state index is 0.586. The Labute approximate surface area is 289 Å². The van der Waals surface area contributed by atoms with Gasteiger partial charge in [-0.25, -0.2) is 0 Å². The summed E-state index contributed by atoms with van der Waals surface area (Å²) < 4.78 is 55.8. The molecule has 2 aliphatic rings. The van der Waals surface area contributed by atoms with E-state index in [-0.39, 0.29) is 0 Å². The van der Waals surface area contributed by atoms with Crippen LogP contribution >= 0.6 is 0 Å². The largest absolute Gasteiger partial charge is 0.462 e. The van der Waals surface area contributed by atoms with Gasteiger partial charge in [-0.05, 0) is 41.5 Å². The minimum atomic E-state index is -1.83. The minimum Gasteiger partial charge on any atom is -0.462 e. The molecule has 2 aliphatic heterocycles. The van der Waals surface area contributed by atoms with Crippen molar-refractivity contribution in [3.05, 3.63) is 0 Å². The summed E-state index contributed by atoms with van der Waals surface area (Å²) in [5, 5.41) is 11.2. The quantitative estimate of drug-likeness (QED) is 0.228. The predicted molar refractivity (Wildman–Crippen MR) is 163 cm³/mol. The standard InChI is InChI=1S/C32H48O18/c1-14(33)43-22-20(13-42-30(40)32(9,10)11)49-28(26(47-18(5)37)24(22)45-16(3)35)50-27-25(46-17(4)36)23(44-15(2)34)21(38)19(48-27)12-41-29(39)31(6,7)8/h19-28,38H,12-13H2,1-11H3/t19-,20-,21-,22-,23+,24+,25-,26-,27-,28-/m1/s1. The third kappa shape index (κ3) is 12.2. The van der Waals surface area contributed by atoms with Gasteiger partial charge < -0.3 is 52.5 Å². The van der Waals surface area contributed by atoms with Crippen LogP contribution in [0, 0.1) is 10.8 Å². The molecule has 0 radical (unpaired) electrons. The number of esters is 7. The monoisotopic (exact) mass is 720 g/mol. The molecule has 0 bridgehead atoms. The summed E-state index contributed by atoms with van der Waals surface area (Å²) in [6.07, 6.45) is -16.5. The van der Waals surface area contributed by atoms with E-state index in [0.29, 0.717) is 0 Å². The van der Waals surface area contributed by atoms with E-state index in [2.05, 4.69) is 0 Å². The Morgan fingerprint density at radius 1 is 0.500 bits per heavy atom. The van der Waals surface area contributed by atoms with Crippen LogP contribution < -0.4 is 0 Å². The lowest BCUT2D eigenvalue weighted by Crippen LogP contribution is -2.66. The molecule has 18 heteroatoms. The van der Waals surface area contributed by atoms with Gasteiger partial charge in [-0.3, -0.25) is 33.6 Å². The summed E-state index contributed by atoms with van der Waals surface area (Å²) in [5.41, 5.74) is -1.92. The van der Waals surface area contributed by atoms with Crippen LogP contribution in [0.15, 0.2) is 0 Å². The molecule has 0 unspecified atom stereocenters. The number of hydrogen-bond donors (Lipinski definition) is 1. The normalized spacial score (nSPS) is 29.8. The number of ether oxygens (including phenoxy) is 10. The predicted octanol–water partition coefficient (Wildman–Crippen LogP) is 0.651. The first-order valence-electron chi connectivity index (χ1n) is 15.8. The fourth-order valence-electron chi connectivity index (χ4n) is 4.76. The van der Waals surface area contributed by atoms with Gasteiger partial charge in [-0.1, -0.05) is 0 Å². The van der Waals surface area contributed by atoms with Crippen molar-refractivity contribution in [1.82, 2.24) is 0 Å². The molecule has 10 atom stereocenters. The zero-order valence-corrected chi connectivity index (χ0v) is 30.1. The van der Waals surface area contributed by atoms with Crippen molar-refractivity contribution in [3.63, 3.8) is 0 Å². The Bertz CT molecular complexity index is 1260. The first-order chi connectivity index (χ1) is 22.9. The molecule has 0 amide bonds. The van der Waals surface area contributed by atoms with Crippen molar-refractivity contribution in [3.8, 4) is 0 Å². The molecule has 0 aliphatic carbocycles. The molecule has 0 aromatic rings. The fraction of sp³-hybridized carbons (Fsp3) is 0.781. The molecule has 50 heavy (non-hydrogen) atoms. The van der Waals surface area contributed by atoms with E-state index in [1.54, 1.807) is 41.5 Å². The topological polar surface area (TPSA) is 232 Å². The maximum atomic E-state index is 12.7. The smallest absolute Gasteiger partial charge is 0.311 e. The maximum absolute atomic E-state index is 12.7. The highest BCUT2D eigenvalue weighted by molar-refractivity contribution is 5.76. The summed E-state index contributed by atoms with van der Waals surface area (Å²) in [4.78, 5) is 86.4. The van der Waals surface area contributed by atoms with Crippen LogP contribution in [0.25, 0.3) is 0 Å². The second kappa shape index (κ2) is 17.4. The van der Waals surface area contributed by atoms with Crippen molar-refractivity contribution < 1.29 is 86.0 Å². The molecule has 0 spiro atoms. The number of carbonyl (C=O) groups is 7. The van der Waals surface area contributed by atoms with Crippen molar-refractivity contribution in [1.29, 1.82) is 0 Å². The van der Waals surface area contributed by atoms with Gasteiger partial charge in [0, 0.05) is 34.6 Å². The number of aliphatic hydroxyl groups excluding tert-OH is 1. The second-order valence-corrected chi connectivity index (χ2v) is 13.8. The molecule has 1 N–H and O–H groups in total. The van der Waals surface area contributed by atoms with Crippen molar-refractivity contribution in [2.24, 2.45) is 10.8 Å². The van der Waals surface area contributed by atoms with E-state index in [0.717, 1.165) is 34.6 Å². The van der Waals surface area contributed by atoms with Crippen LogP contribution in [-0.2, 0) is 80.9 Å². The van der Waals surface area contributed by atoms with Gasteiger partial charge in [0.25, 0.3) is 0 Å². The third-order valence-electron chi connectivity index (χ3n) is 6.97. The van der Waals surface area contributed by atoms with Crippen LogP contribution in [0.2, 0.25) is 0 Å². The van der Waals surface area contributed by atoms with Gasteiger partial charge in [0.2, 0.25) is 12.6 Å². The Morgan fingerprint density at radius 3 is 1.22 bits per heavy atom. The number of hydrogen-bond acceptors (Lipinski definition) is 18. The van der Waals surface area contributed by atoms with Crippen LogP contribution in [0.5, 0.6) is 0 Å². The van der Waals surface area contributed by atoms with Gasteiger partial charge in [-0.2, -0.15) is 0 Å². The van der Waals surface area contributed by atoms with E-state index < -0.39 is 127 Å². The molecular formula is C32H48O18. The summed E-state index contributed by atoms with van der Waals surface area (Å²) >= 11 is 0. The van der Waals surface area contributed by atoms with Crippen molar-refractivity contribution >= 4 is 41.8 Å². The highest BCUT2D eigenvalue weighted by atomic mass is 16.8. The number of carbonyl (C=O) groups excluding carboxylic acids is 7. The van der Waals surface area contributed by atoms with Gasteiger partial charge >= 0.3 is 41.8 Å². The number of rotatable bonds is 11. The van der Waals surface area contributed by atoms with Crippen LogP contribution in [0.4, 0.5) is 0 Å². The van der Waals surface area contributed by atoms with E-state index in [4.69, 9.17) is 47.4 Å². The molecule has 2 rings (SSSR count). The molecule has 2 fully saturated rings. The average molecular weight is 721 g/mol. The van der Waals surface area contributed by atoms with E-state index in [1.165, 1.54) is 0 Å². The first-order valence-corrected chi connectivity index (χ1v) is 15.8. The van der Waals surface area contributed by atoms with Gasteiger partial charge in [-0.15, -0.1) is 0 Å². The van der Waals surface area contributed by atoms with E-state index in [9.17, 15) is 38.7 Å². The lowest BCUT2D eigenvalue weighted by Gasteiger charge is -2.47. The summed E-state index contributed by atoms with van der Waals surface area (Å²) in [5.74, 6) is -5.86. The average Bonchev–Trinajstić information content (AvgIpc) is 2.95. The highest BCUT2D eigenvalue weighted by Gasteiger charge is 2.57. The SMILES string of the molecule is CC(=O)O[C@@H]1[C@@H](OC(C)=O)[C@@H](O[C@H]2O[C@H](COC(=O)C(C)(C)C)[C@@H](O)[C@H](OC(C)=O)[C@H]2OC(C)=O)O[C@H](COC(=O)C(C)(C)C)[C@H]1OC(C)=O. The van der Waals surface area contributed by atoms with Crippen LogP contribution in [0.1, 0.15) is 76.2 Å². The Balaban J connectivity index is 2.65. The molecule has 0 saturated carbocycles. The van der Waals surface area contributed by atoms with Gasteiger partial charge in [0.05, 0.1) is 10.8 Å². The van der Waals surface area contributed by atoms with E-state index in [1.807, 2.05) is 0 Å². The molecule has 284 valence electrons. The van der Waals surface area contributed by atoms with Crippen molar-refractivity contribution in [2.75, 3.05) is 13.2 Å². The molecule has 0 aromatic heterocycles. The Kier molecular flexibility index (Phi) is 14.7. The lowest BCUT2D eigenvalue weighted by molar-refractivity contribution is -0.377. The van der Waals surface area contributed by atoms with Gasteiger partial charge in [0.1, 0.15) is 31.5 Å². The van der Waals surface area contributed by atoms with Crippen LogP contribution in [0.3, 0.4) is 0 Å². The van der Waals surface area contributed by atoms with Crippen LogP contribution in [-0.4, -0.2) is 122 Å². The maximum Gasteiger partial charge on any atom is 0.311 e. The lowest BCUT2D eigenvalue weighted by atomic mass is 9.96. The fourth-order valence-corrected chi connectivity index (χ4v) is 4.76. The molecule has 2 heterocycles. The summed E-state index contributed by atoms with van der Waals surface area (Å²) in [7, 11) is 0. The zero-order valence-electron chi connectivity index (χ0n) is 30.1. The Morgan fingerprint density at radius 2 is 0.820 bits per heavy atom. The molecule has 0 aromatic carbocycles. The number of aliphatic hydroxyl groups is 1. The van der Waals surface area contributed by atoms with E-state index >= 15 is 0 Å². The summed E-state index contributed by atoms with van der Waals surface area (Å²) in [6.45, 7) is 13.5. The summed E-state index contributed by atoms with van der Waals surface area (Å²) in [6, 6.07) is 0. The Hall–Kier alpha value is -3.87. The second-order valence-electron chi connectivity index (χ2n) is 13.8.